The van der Waals surface area contributed by atoms with Gasteiger partial charge in [-0.15, -0.1) is 0 Å². The lowest BCUT2D eigenvalue weighted by molar-refractivity contribution is -0.117. The van der Waals surface area contributed by atoms with Crippen LogP contribution in [0.4, 0.5) is 5.82 Å². The highest BCUT2D eigenvalue weighted by Gasteiger charge is 2.25. The van der Waals surface area contributed by atoms with E-state index in [0.717, 1.165) is 41.7 Å². The third-order valence-electron chi connectivity index (χ3n) is 6.31. The van der Waals surface area contributed by atoms with E-state index < -0.39 is 0 Å². The summed E-state index contributed by atoms with van der Waals surface area (Å²) in [5.74, 6) is 0.821. The summed E-state index contributed by atoms with van der Waals surface area (Å²) in [5, 5.41) is 3.76. The number of carbonyl (C=O) groups excluding carboxylic acids is 1. The minimum absolute atomic E-state index is 0.0867. The van der Waals surface area contributed by atoms with Crippen LogP contribution in [0.3, 0.4) is 0 Å². The molecule has 1 saturated heterocycles. The average Bonchev–Trinajstić information content (AvgIpc) is 3.48. The molecule has 8 heteroatoms. The third-order valence-corrected chi connectivity index (χ3v) is 6.31. The number of anilines is 1. The van der Waals surface area contributed by atoms with Gasteiger partial charge >= 0.3 is 0 Å². The maximum atomic E-state index is 12.8. The maximum absolute atomic E-state index is 12.8. The van der Waals surface area contributed by atoms with Gasteiger partial charge in [0.2, 0.25) is 5.91 Å². The van der Waals surface area contributed by atoms with Gasteiger partial charge in [-0.05, 0) is 55.1 Å². The number of pyridine rings is 3. The highest BCUT2D eigenvalue weighted by molar-refractivity contribution is 5.95. The van der Waals surface area contributed by atoms with Crippen molar-refractivity contribution < 1.29 is 4.79 Å². The molecule has 1 fully saturated rings. The lowest BCUT2D eigenvalue weighted by Crippen LogP contribution is -2.31. The van der Waals surface area contributed by atoms with Gasteiger partial charge in [-0.2, -0.15) is 0 Å². The molecule has 1 unspecified atom stereocenters. The van der Waals surface area contributed by atoms with Gasteiger partial charge < -0.3 is 14.9 Å². The van der Waals surface area contributed by atoms with Gasteiger partial charge in [-0.25, -0.2) is 4.98 Å². The smallest absolute Gasteiger partial charge is 0.274 e. The first-order valence-electron chi connectivity index (χ1n) is 11.1. The molecule has 2 N–H and O–H groups in total. The van der Waals surface area contributed by atoms with E-state index in [9.17, 15) is 9.59 Å². The van der Waals surface area contributed by atoms with E-state index in [4.69, 9.17) is 4.98 Å². The molecule has 1 atom stereocenters. The molecule has 5 heterocycles. The number of hydrogen-bond donors (Lipinski definition) is 2. The standard InChI is InChI=1S/C25H26N6O2/c1-16-5-6-21(29-23(16)20-14-30(2)25(33)24-19(20)7-10-27-24)28-22(32)15-31-11-8-18(13-31)17-4-3-9-26-12-17/h3-7,9-10,12,14,18,27H,8,11,13,15H2,1-2H3,(H,28,29,32). The Morgan fingerprint density at radius 1 is 1.27 bits per heavy atom. The number of rotatable bonds is 5. The van der Waals surface area contributed by atoms with Crippen molar-refractivity contribution in [2.24, 2.45) is 7.05 Å². The summed E-state index contributed by atoms with van der Waals surface area (Å²) in [5.41, 5.74) is 4.23. The molecule has 1 aliphatic rings. The van der Waals surface area contributed by atoms with Gasteiger partial charge in [0.05, 0.1) is 12.2 Å². The van der Waals surface area contributed by atoms with Gasteiger partial charge in [0.25, 0.3) is 5.56 Å². The van der Waals surface area contributed by atoms with Crippen LogP contribution >= 0.6 is 0 Å². The molecule has 0 aliphatic carbocycles. The molecule has 0 saturated carbocycles. The zero-order chi connectivity index (χ0) is 22.9. The Morgan fingerprint density at radius 3 is 2.97 bits per heavy atom. The molecule has 5 rings (SSSR count). The van der Waals surface area contributed by atoms with Crippen LogP contribution < -0.4 is 10.9 Å². The van der Waals surface area contributed by atoms with E-state index in [0.29, 0.717) is 23.8 Å². The number of carbonyl (C=O) groups is 1. The van der Waals surface area contributed by atoms with Crippen LogP contribution in [0.2, 0.25) is 0 Å². The summed E-state index contributed by atoms with van der Waals surface area (Å²) in [7, 11) is 1.72. The zero-order valence-electron chi connectivity index (χ0n) is 18.7. The Hall–Kier alpha value is -3.78. The summed E-state index contributed by atoms with van der Waals surface area (Å²) >= 11 is 0. The predicted octanol–water partition coefficient (Wildman–Crippen LogP) is 3.06. The van der Waals surface area contributed by atoms with Crippen LogP contribution in [0.25, 0.3) is 22.2 Å². The Balaban J connectivity index is 1.32. The predicted molar refractivity (Wildman–Crippen MR) is 128 cm³/mol. The quantitative estimate of drug-likeness (QED) is 0.495. The van der Waals surface area contributed by atoms with E-state index in [1.807, 2.05) is 37.4 Å². The lowest BCUT2D eigenvalue weighted by atomic mass is 10.0. The first-order valence-corrected chi connectivity index (χ1v) is 11.1. The Morgan fingerprint density at radius 2 is 2.15 bits per heavy atom. The first kappa shape index (κ1) is 21.1. The third kappa shape index (κ3) is 4.17. The van der Waals surface area contributed by atoms with Crippen molar-refractivity contribution in [1.29, 1.82) is 0 Å². The normalized spacial score (nSPS) is 16.4. The lowest BCUT2D eigenvalue weighted by Gasteiger charge is -2.16. The number of nitrogens with zero attached hydrogens (tertiary/aromatic N) is 4. The van der Waals surface area contributed by atoms with Gasteiger partial charge in [-0.3, -0.25) is 19.5 Å². The second-order valence-electron chi connectivity index (χ2n) is 8.64. The molecule has 0 bridgehead atoms. The molecular formula is C25H26N6O2. The second-order valence-corrected chi connectivity index (χ2v) is 8.64. The minimum atomic E-state index is -0.0870. The van der Waals surface area contributed by atoms with Crippen LogP contribution in [0.1, 0.15) is 23.5 Å². The monoisotopic (exact) mass is 442 g/mol. The van der Waals surface area contributed by atoms with Crippen LogP contribution in [-0.4, -0.2) is 50.0 Å². The number of amides is 1. The van der Waals surface area contributed by atoms with Crippen molar-refractivity contribution in [2.75, 3.05) is 25.0 Å². The van der Waals surface area contributed by atoms with Gasteiger partial charge in [0.1, 0.15) is 11.3 Å². The Labute approximate surface area is 191 Å². The van der Waals surface area contributed by atoms with E-state index in [1.54, 1.807) is 30.2 Å². The summed E-state index contributed by atoms with van der Waals surface area (Å²) in [6.45, 7) is 4.02. The van der Waals surface area contributed by atoms with E-state index in [2.05, 4.69) is 26.3 Å². The van der Waals surface area contributed by atoms with Gasteiger partial charge in [-0.1, -0.05) is 12.1 Å². The zero-order valence-corrected chi connectivity index (χ0v) is 18.7. The topological polar surface area (TPSA) is 95.9 Å². The minimum Gasteiger partial charge on any atom is -0.357 e. The largest absolute Gasteiger partial charge is 0.357 e. The van der Waals surface area contributed by atoms with Crippen molar-refractivity contribution in [3.05, 3.63) is 76.6 Å². The van der Waals surface area contributed by atoms with E-state index in [1.165, 1.54) is 5.56 Å². The first-order chi connectivity index (χ1) is 16.0. The van der Waals surface area contributed by atoms with Crippen molar-refractivity contribution in [1.82, 2.24) is 24.4 Å². The van der Waals surface area contributed by atoms with E-state index in [-0.39, 0.29) is 11.5 Å². The Kier molecular flexibility index (Phi) is 5.51. The summed E-state index contributed by atoms with van der Waals surface area (Å²) in [6.07, 6.45) is 8.26. The highest BCUT2D eigenvalue weighted by atomic mass is 16.2. The molecule has 4 aromatic rings. The number of aromatic amines is 1. The van der Waals surface area contributed by atoms with Crippen LogP contribution in [0.15, 0.2) is 59.9 Å². The number of H-pyrrole nitrogens is 1. The fraction of sp³-hybridized carbons (Fsp3) is 0.280. The second kappa shape index (κ2) is 8.63. The van der Waals surface area contributed by atoms with Crippen molar-refractivity contribution in [2.45, 2.75) is 19.3 Å². The molecule has 0 aromatic carbocycles. The summed E-state index contributed by atoms with van der Waals surface area (Å²) < 4.78 is 1.55. The van der Waals surface area contributed by atoms with Gasteiger partial charge in [0.15, 0.2) is 0 Å². The number of aromatic nitrogens is 4. The molecule has 0 spiro atoms. The molecule has 168 valence electrons. The number of hydrogen-bond acceptors (Lipinski definition) is 5. The summed E-state index contributed by atoms with van der Waals surface area (Å²) in [4.78, 5) is 39.3. The molecule has 1 amide bonds. The molecule has 33 heavy (non-hydrogen) atoms. The average molecular weight is 443 g/mol. The van der Waals surface area contributed by atoms with Gasteiger partial charge in [0, 0.05) is 49.3 Å². The number of aryl methyl sites for hydroxylation is 2. The SMILES string of the molecule is Cc1ccc(NC(=O)CN2CCC(c3cccnc3)C2)nc1-c1cn(C)c(=O)c2[nH]ccc12. The van der Waals surface area contributed by atoms with Crippen LogP contribution in [0.5, 0.6) is 0 Å². The van der Waals surface area contributed by atoms with Crippen molar-refractivity contribution >= 4 is 22.6 Å². The molecule has 8 nitrogen and oxygen atoms in total. The fourth-order valence-corrected chi connectivity index (χ4v) is 4.58. The molecule has 0 radical (unpaired) electrons. The molecule has 4 aromatic heterocycles. The maximum Gasteiger partial charge on any atom is 0.274 e. The molecule has 1 aliphatic heterocycles. The number of fused-ring (bicyclic) bond motifs is 1. The van der Waals surface area contributed by atoms with Crippen LogP contribution in [0, 0.1) is 6.92 Å². The Bertz CT molecular complexity index is 1370. The summed E-state index contributed by atoms with van der Waals surface area (Å²) in [6, 6.07) is 9.69. The van der Waals surface area contributed by atoms with Crippen molar-refractivity contribution in [3.8, 4) is 11.3 Å². The highest BCUT2D eigenvalue weighted by Crippen LogP contribution is 2.29. The fourth-order valence-electron chi connectivity index (χ4n) is 4.58. The van der Waals surface area contributed by atoms with Crippen molar-refractivity contribution in [3.63, 3.8) is 0 Å². The number of likely N-dealkylation sites (tertiary alicyclic amines) is 1. The van der Waals surface area contributed by atoms with E-state index >= 15 is 0 Å². The number of nitrogens with one attached hydrogen (secondary N) is 2. The van der Waals surface area contributed by atoms with Crippen LogP contribution in [-0.2, 0) is 11.8 Å². The molecular weight excluding hydrogens is 416 g/mol.